The minimum absolute atomic E-state index is 0.248. The first kappa shape index (κ1) is 14.0. The molecule has 0 saturated heterocycles. The zero-order valence-corrected chi connectivity index (χ0v) is 13.3. The summed E-state index contributed by atoms with van der Waals surface area (Å²) in [6.07, 6.45) is 3.56. The van der Waals surface area contributed by atoms with Crippen molar-refractivity contribution in [1.29, 1.82) is 0 Å². The largest absolute Gasteiger partial charge is 0.444 e. The summed E-state index contributed by atoms with van der Waals surface area (Å²) in [4.78, 5) is 16.1. The zero-order valence-electron chi connectivity index (χ0n) is 10.9. The van der Waals surface area contributed by atoms with Gasteiger partial charge in [-0.1, -0.05) is 0 Å². The van der Waals surface area contributed by atoms with Crippen molar-refractivity contribution in [2.24, 2.45) is 0 Å². The molecular weight excluding hydrogens is 352 g/mol. The molecule has 0 fully saturated rings. The van der Waals surface area contributed by atoms with E-state index in [0.29, 0.717) is 11.2 Å². The molecule has 21 heavy (non-hydrogen) atoms. The number of pyridine rings is 1. The number of thiophene rings is 1. The Bertz CT molecular complexity index is 753. The Balaban J connectivity index is 1.68. The fraction of sp³-hybridized carbons (Fsp3) is 0.0667. The molecule has 6 heteroatoms. The second-order valence-electron chi connectivity index (χ2n) is 4.38. The second-order valence-corrected chi connectivity index (χ2v) is 5.94. The van der Waals surface area contributed by atoms with Crippen molar-refractivity contribution in [2.45, 2.75) is 6.54 Å². The maximum atomic E-state index is 11.9. The van der Waals surface area contributed by atoms with Crippen molar-refractivity contribution < 1.29 is 9.21 Å². The molecule has 0 spiro atoms. The van der Waals surface area contributed by atoms with Crippen LogP contribution in [0, 0.1) is 0 Å². The van der Waals surface area contributed by atoms with Crippen molar-refractivity contribution in [3.63, 3.8) is 0 Å². The van der Waals surface area contributed by atoms with Gasteiger partial charge in [0.25, 0.3) is 5.91 Å². The lowest BCUT2D eigenvalue weighted by Gasteiger charge is -2.05. The molecule has 1 amide bonds. The number of furan rings is 1. The van der Waals surface area contributed by atoms with Crippen molar-refractivity contribution in [2.75, 3.05) is 0 Å². The van der Waals surface area contributed by atoms with Gasteiger partial charge in [-0.15, -0.1) is 0 Å². The van der Waals surface area contributed by atoms with Gasteiger partial charge in [0.15, 0.2) is 10.4 Å². The van der Waals surface area contributed by atoms with E-state index in [0.717, 1.165) is 16.7 Å². The first-order chi connectivity index (χ1) is 10.2. The van der Waals surface area contributed by atoms with Gasteiger partial charge in [0.2, 0.25) is 0 Å². The predicted octanol–water partition coefficient (Wildman–Crippen LogP) is 4.10. The number of nitrogens with one attached hydrogen (secondary N) is 1. The average molecular weight is 363 g/mol. The molecule has 3 aromatic heterocycles. The van der Waals surface area contributed by atoms with Gasteiger partial charge in [0.05, 0.1) is 0 Å². The topological polar surface area (TPSA) is 55.1 Å². The Morgan fingerprint density at radius 2 is 2.19 bits per heavy atom. The summed E-state index contributed by atoms with van der Waals surface area (Å²) in [5.74, 6) is 0.0328. The summed E-state index contributed by atoms with van der Waals surface area (Å²) in [7, 11) is 0. The van der Waals surface area contributed by atoms with E-state index in [1.54, 1.807) is 29.7 Å². The number of amides is 1. The highest BCUT2D eigenvalue weighted by Crippen LogP contribution is 2.22. The third kappa shape index (κ3) is 3.40. The average Bonchev–Trinajstić information content (AvgIpc) is 3.16. The molecule has 0 radical (unpaired) electrons. The second kappa shape index (κ2) is 6.24. The number of carbonyl (C=O) groups is 1. The van der Waals surface area contributed by atoms with Gasteiger partial charge in [0, 0.05) is 24.5 Å². The molecular formula is C15H11BrN2O2S. The van der Waals surface area contributed by atoms with Gasteiger partial charge in [-0.3, -0.25) is 9.78 Å². The number of hydrogen-bond acceptors (Lipinski definition) is 4. The van der Waals surface area contributed by atoms with E-state index in [4.69, 9.17) is 4.42 Å². The lowest BCUT2D eigenvalue weighted by atomic mass is 10.1. The van der Waals surface area contributed by atoms with Gasteiger partial charge in [0.1, 0.15) is 0 Å². The Morgan fingerprint density at radius 3 is 2.90 bits per heavy atom. The number of halogens is 1. The smallest absolute Gasteiger partial charge is 0.287 e. The van der Waals surface area contributed by atoms with Gasteiger partial charge >= 0.3 is 0 Å². The Morgan fingerprint density at radius 1 is 1.29 bits per heavy atom. The number of carbonyl (C=O) groups excluding carboxylic acids is 1. The summed E-state index contributed by atoms with van der Waals surface area (Å²) < 4.78 is 5.74. The molecule has 0 atom stereocenters. The molecule has 0 aliphatic carbocycles. The van der Waals surface area contributed by atoms with Gasteiger partial charge in [-0.2, -0.15) is 11.3 Å². The molecule has 0 bridgehead atoms. The minimum Gasteiger partial charge on any atom is -0.444 e. The lowest BCUT2D eigenvalue weighted by molar-refractivity contribution is 0.0922. The molecule has 0 aromatic carbocycles. The summed E-state index contributed by atoms with van der Waals surface area (Å²) >= 11 is 4.82. The van der Waals surface area contributed by atoms with E-state index in [1.165, 1.54) is 0 Å². The molecule has 0 unspecified atom stereocenters. The molecule has 106 valence electrons. The first-order valence-electron chi connectivity index (χ1n) is 6.22. The highest BCUT2D eigenvalue weighted by Gasteiger charge is 2.10. The highest BCUT2D eigenvalue weighted by molar-refractivity contribution is 9.10. The monoisotopic (exact) mass is 362 g/mol. The quantitative estimate of drug-likeness (QED) is 0.760. The molecule has 0 aliphatic heterocycles. The summed E-state index contributed by atoms with van der Waals surface area (Å²) in [6, 6.07) is 7.38. The van der Waals surface area contributed by atoms with Gasteiger partial charge in [-0.05, 0) is 62.1 Å². The van der Waals surface area contributed by atoms with Crippen molar-refractivity contribution in [1.82, 2.24) is 10.3 Å². The number of rotatable bonds is 4. The van der Waals surface area contributed by atoms with Crippen LogP contribution in [-0.2, 0) is 6.54 Å². The van der Waals surface area contributed by atoms with Crippen LogP contribution in [0.4, 0.5) is 0 Å². The van der Waals surface area contributed by atoms with Crippen LogP contribution < -0.4 is 5.32 Å². The van der Waals surface area contributed by atoms with E-state index >= 15 is 0 Å². The first-order valence-corrected chi connectivity index (χ1v) is 7.96. The van der Waals surface area contributed by atoms with Crippen LogP contribution in [0.5, 0.6) is 0 Å². The molecule has 0 saturated carbocycles. The normalized spacial score (nSPS) is 10.5. The molecule has 4 nitrogen and oxygen atoms in total. The minimum atomic E-state index is -0.248. The fourth-order valence-electron chi connectivity index (χ4n) is 1.88. The lowest BCUT2D eigenvalue weighted by Crippen LogP contribution is -2.22. The number of aromatic nitrogens is 1. The van der Waals surface area contributed by atoms with Crippen LogP contribution in [0.25, 0.3) is 11.1 Å². The van der Waals surface area contributed by atoms with Crippen molar-refractivity contribution in [3.8, 4) is 11.1 Å². The molecule has 3 rings (SSSR count). The van der Waals surface area contributed by atoms with Crippen molar-refractivity contribution >= 4 is 33.2 Å². The van der Waals surface area contributed by atoms with E-state index in [2.05, 4.69) is 31.6 Å². The third-order valence-corrected chi connectivity index (χ3v) is 4.01. The van der Waals surface area contributed by atoms with Gasteiger partial charge in [-0.25, -0.2) is 0 Å². The highest BCUT2D eigenvalue weighted by atomic mass is 79.9. The maximum absolute atomic E-state index is 11.9. The molecule has 3 aromatic rings. The van der Waals surface area contributed by atoms with E-state index < -0.39 is 0 Å². The van der Waals surface area contributed by atoms with E-state index in [9.17, 15) is 4.79 Å². The van der Waals surface area contributed by atoms with Crippen LogP contribution in [-0.4, -0.2) is 10.9 Å². The number of nitrogens with zero attached hydrogens (tertiary/aromatic N) is 1. The summed E-state index contributed by atoms with van der Waals surface area (Å²) in [6.45, 7) is 0.405. The molecule has 0 aliphatic rings. The zero-order chi connectivity index (χ0) is 14.7. The van der Waals surface area contributed by atoms with Crippen LogP contribution in [0.15, 0.2) is 56.5 Å². The Kier molecular flexibility index (Phi) is 4.17. The van der Waals surface area contributed by atoms with Gasteiger partial charge < -0.3 is 9.73 Å². The Hall–Kier alpha value is -1.92. The molecule has 1 N–H and O–H groups in total. The van der Waals surface area contributed by atoms with Crippen LogP contribution in [0.3, 0.4) is 0 Å². The Labute approximate surface area is 134 Å². The third-order valence-electron chi connectivity index (χ3n) is 2.90. The fourth-order valence-corrected chi connectivity index (χ4v) is 2.85. The predicted molar refractivity (Wildman–Crippen MR) is 85.1 cm³/mol. The molecule has 3 heterocycles. The van der Waals surface area contributed by atoms with E-state index in [-0.39, 0.29) is 11.7 Å². The van der Waals surface area contributed by atoms with Crippen molar-refractivity contribution in [3.05, 3.63) is 63.4 Å². The number of hydrogen-bond donors (Lipinski definition) is 1. The van der Waals surface area contributed by atoms with E-state index in [1.807, 2.05) is 23.7 Å². The standard InChI is InChI=1S/C15H11BrN2O2S/c16-14-2-1-13(20-14)15(19)18-7-10-5-12(8-17-6-10)11-3-4-21-9-11/h1-6,8-9H,7H2,(H,18,19). The maximum Gasteiger partial charge on any atom is 0.287 e. The van der Waals surface area contributed by atoms with Crippen LogP contribution in [0.2, 0.25) is 0 Å². The SMILES string of the molecule is O=C(NCc1cncc(-c2ccsc2)c1)c1ccc(Br)o1. The van der Waals surface area contributed by atoms with Crippen LogP contribution >= 0.6 is 27.3 Å². The summed E-state index contributed by atoms with van der Waals surface area (Å²) in [5, 5.41) is 6.91. The summed E-state index contributed by atoms with van der Waals surface area (Å²) in [5.41, 5.74) is 3.12. The van der Waals surface area contributed by atoms with Crippen LogP contribution in [0.1, 0.15) is 16.1 Å².